The van der Waals surface area contributed by atoms with E-state index in [1.807, 2.05) is 12.1 Å². The minimum absolute atomic E-state index is 0.699. The topological polar surface area (TPSA) is 28.2 Å². The van der Waals surface area contributed by atoms with Crippen LogP contribution in [0.3, 0.4) is 0 Å². The second-order valence-electron chi connectivity index (χ2n) is 5.23. The Labute approximate surface area is 121 Å². The van der Waals surface area contributed by atoms with E-state index in [0.29, 0.717) is 6.04 Å². The number of hydrogen-bond acceptors (Lipinski definition) is 3. The molecule has 0 amide bonds. The number of halogens is 1. The summed E-state index contributed by atoms with van der Waals surface area (Å²) in [6, 6.07) is 4.62. The molecule has 1 fully saturated rings. The van der Waals surface area contributed by atoms with E-state index in [-0.39, 0.29) is 0 Å². The Kier molecular flexibility index (Phi) is 5.46. The van der Waals surface area contributed by atoms with Crippen LogP contribution in [0.4, 0.5) is 5.82 Å². The zero-order valence-electron chi connectivity index (χ0n) is 12.0. The summed E-state index contributed by atoms with van der Waals surface area (Å²) in [4.78, 5) is 7.17. The number of anilines is 1. The Hall–Kier alpha value is -0.800. The molecule has 0 aliphatic carbocycles. The Bertz CT molecular complexity index is 408. The standard InChI is InChI=1S/C15H24ClN3/c1-3-9-17-15-8-7-13(16)14(18-15)11-19-10-5-6-12(19)4-2/h7-8,12H,3-6,9-11H2,1-2H3,(H,17,18). The van der Waals surface area contributed by atoms with Gasteiger partial charge in [-0.15, -0.1) is 0 Å². The lowest BCUT2D eigenvalue weighted by molar-refractivity contribution is 0.237. The third-order valence-corrected chi connectivity index (χ3v) is 4.14. The second kappa shape index (κ2) is 7.11. The third-order valence-electron chi connectivity index (χ3n) is 3.80. The monoisotopic (exact) mass is 281 g/mol. The van der Waals surface area contributed by atoms with Crippen molar-refractivity contribution >= 4 is 17.4 Å². The first-order chi connectivity index (χ1) is 9.24. The molecule has 1 N–H and O–H groups in total. The van der Waals surface area contributed by atoms with Gasteiger partial charge in [-0.05, 0) is 44.4 Å². The van der Waals surface area contributed by atoms with E-state index >= 15 is 0 Å². The lowest BCUT2D eigenvalue weighted by atomic mass is 10.1. The summed E-state index contributed by atoms with van der Waals surface area (Å²) in [5.74, 6) is 0.938. The van der Waals surface area contributed by atoms with E-state index in [0.717, 1.165) is 36.0 Å². The molecule has 1 aromatic heterocycles. The van der Waals surface area contributed by atoms with Crippen molar-refractivity contribution in [1.29, 1.82) is 0 Å². The maximum Gasteiger partial charge on any atom is 0.126 e. The minimum Gasteiger partial charge on any atom is -0.370 e. The molecule has 1 atom stereocenters. The minimum atomic E-state index is 0.699. The van der Waals surface area contributed by atoms with Crippen molar-refractivity contribution in [2.45, 2.75) is 52.1 Å². The van der Waals surface area contributed by atoms with Gasteiger partial charge in [-0.3, -0.25) is 4.90 Å². The molecule has 4 heteroatoms. The van der Waals surface area contributed by atoms with E-state index in [2.05, 4.69) is 29.0 Å². The van der Waals surface area contributed by atoms with Gasteiger partial charge < -0.3 is 5.32 Å². The van der Waals surface area contributed by atoms with Gasteiger partial charge in [0.1, 0.15) is 5.82 Å². The Balaban J connectivity index is 2.05. The van der Waals surface area contributed by atoms with E-state index < -0.39 is 0 Å². The van der Waals surface area contributed by atoms with Gasteiger partial charge in [-0.25, -0.2) is 4.98 Å². The summed E-state index contributed by atoms with van der Waals surface area (Å²) in [7, 11) is 0. The molecule has 0 saturated carbocycles. The molecule has 1 saturated heterocycles. The van der Waals surface area contributed by atoms with E-state index in [9.17, 15) is 0 Å². The normalized spacial score (nSPS) is 19.8. The number of nitrogens with zero attached hydrogens (tertiary/aromatic N) is 2. The molecule has 1 unspecified atom stereocenters. The highest BCUT2D eigenvalue weighted by atomic mass is 35.5. The number of aromatic nitrogens is 1. The predicted molar refractivity (Wildman–Crippen MR) is 81.8 cm³/mol. The first-order valence-corrected chi connectivity index (χ1v) is 7.75. The predicted octanol–water partition coefficient (Wildman–Crippen LogP) is 3.93. The maximum atomic E-state index is 6.28. The van der Waals surface area contributed by atoms with Crippen LogP contribution in [0.2, 0.25) is 5.02 Å². The summed E-state index contributed by atoms with van der Waals surface area (Å²) in [6.45, 7) is 7.41. The van der Waals surface area contributed by atoms with Gasteiger partial charge in [0.05, 0.1) is 10.7 Å². The van der Waals surface area contributed by atoms with Crippen molar-refractivity contribution in [3.63, 3.8) is 0 Å². The third kappa shape index (κ3) is 3.83. The maximum absolute atomic E-state index is 6.28. The summed E-state index contributed by atoms with van der Waals surface area (Å²) in [5.41, 5.74) is 1.00. The lowest BCUT2D eigenvalue weighted by Crippen LogP contribution is -2.28. The number of hydrogen-bond donors (Lipinski definition) is 1. The number of rotatable bonds is 6. The number of nitrogens with one attached hydrogen (secondary N) is 1. The van der Waals surface area contributed by atoms with Gasteiger partial charge in [0.15, 0.2) is 0 Å². The molecule has 0 bridgehead atoms. The first-order valence-electron chi connectivity index (χ1n) is 7.38. The molecule has 0 aromatic carbocycles. The number of pyridine rings is 1. The van der Waals surface area contributed by atoms with E-state index in [1.54, 1.807) is 0 Å². The smallest absolute Gasteiger partial charge is 0.126 e. The Morgan fingerprint density at radius 3 is 3.00 bits per heavy atom. The fourth-order valence-corrected chi connectivity index (χ4v) is 2.87. The summed E-state index contributed by atoms with van der Waals surface area (Å²) in [5, 5.41) is 4.11. The summed E-state index contributed by atoms with van der Waals surface area (Å²) < 4.78 is 0. The van der Waals surface area contributed by atoms with Gasteiger partial charge in [0.2, 0.25) is 0 Å². The van der Waals surface area contributed by atoms with Crippen molar-refractivity contribution in [3.8, 4) is 0 Å². The van der Waals surface area contributed by atoms with Gasteiger partial charge in [0.25, 0.3) is 0 Å². The van der Waals surface area contributed by atoms with Gasteiger partial charge in [-0.2, -0.15) is 0 Å². The van der Waals surface area contributed by atoms with Crippen molar-refractivity contribution < 1.29 is 0 Å². The van der Waals surface area contributed by atoms with Crippen LogP contribution in [0.25, 0.3) is 0 Å². The molecular weight excluding hydrogens is 258 g/mol. The molecular formula is C15H24ClN3. The van der Waals surface area contributed by atoms with Gasteiger partial charge in [0, 0.05) is 19.1 Å². The van der Waals surface area contributed by atoms with Gasteiger partial charge >= 0.3 is 0 Å². The highest BCUT2D eigenvalue weighted by Crippen LogP contribution is 2.25. The SMILES string of the molecule is CCCNc1ccc(Cl)c(CN2CCCC2CC)n1. The van der Waals surface area contributed by atoms with Crippen LogP contribution in [0.1, 0.15) is 45.2 Å². The van der Waals surface area contributed by atoms with Crippen LogP contribution in [-0.4, -0.2) is 29.0 Å². The first kappa shape index (κ1) is 14.6. The number of likely N-dealkylation sites (tertiary alicyclic amines) is 1. The van der Waals surface area contributed by atoms with E-state index in [4.69, 9.17) is 11.6 Å². The van der Waals surface area contributed by atoms with Crippen molar-refractivity contribution in [1.82, 2.24) is 9.88 Å². The highest BCUT2D eigenvalue weighted by Gasteiger charge is 2.23. The Morgan fingerprint density at radius 1 is 1.42 bits per heavy atom. The molecule has 2 heterocycles. The highest BCUT2D eigenvalue weighted by molar-refractivity contribution is 6.31. The van der Waals surface area contributed by atoms with Crippen LogP contribution in [-0.2, 0) is 6.54 Å². The van der Waals surface area contributed by atoms with Crippen LogP contribution in [0.15, 0.2) is 12.1 Å². The van der Waals surface area contributed by atoms with Crippen molar-refractivity contribution in [2.75, 3.05) is 18.4 Å². The zero-order chi connectivity index (χ0) is 13.7. The summed E-state index contributed by atoms with van der Waals surface area (Å²) >= 11 is 6.28. The van der Waals surface area contributed by atoms with Crippen molar-refractivity contribution in [2.24, 2.45) is 0 Å². The zero-order valence-corrected chi connectivity index (χ0v) is 12.7. The van der Waals surface area contributed by atoms with Crippen LogP contribution < -0.4 is 5.32 Å². The average molecular weight is 282 g/mol. The van der Waals surface area contributed by atoms with E-state index in [1.165, 1.54) is 25.8 Å². The Morgan fingerprint density at radius 2 is 2.26 bits per heavy atom. The fraction of sp³-hybridized carbons (Fsp3) is 0.667. The molecule has 1 aliphatic heterocycles. The van der Waals surface area contributed by atoms with Gasteiger partial charge in [-0.1, -0.05) is 25.4 Å². The van der Waals surface area contributed by atoms with Crippen LogP contribution in [0.5, 0.6) is 0 Å². The molecule has 1 aliphatic rings. The second-order valence-corrected chi connectivity index (χ2v) is 5.63. The van der Waals surface area contributed by atoms with Crippen LogP contribution >= 0.6 is 11.6 Å². The fourth-order valence-electron chi connectivity index (χ4n) is 2.70. The molecule has 106 valence electrons. The van der Waals surface area contributed by atoms with Crippen LogP contribution in [0, 0.1) is 0 Å². The van der Waals surface area contributed by atoms with Crippen molar-refractivity contribution in [3.05, 3.63) is 22.8 Å². The molecule has 3 nitrogen and oxygen atoms in total. The molecule has 2 rings (SSSR count). The molecule has 0 radical (unpaired) electrons. The molecule has 0 spiro atoms. The molecule has 1 aromatic rings. The molecule has 19 heavy (non-hydrogen) atoms. The average Bonchev–Trinajstić information content (AvgIpc) is 2.87. The largest absolute Gasteiger partial charge is 0.370 e. The lowest BCUT2D eigenvalue weighted by Gasteiger charge is -2.23. The summed E-state index contributed by atoms with van der Waals surface area (Å²) in [6.07, 6.45) is 4.92. The quantitative estimate of drug-likeness (QED) is 0.856.